The van der Waals surface area contributed by atoms with E-state index < -0.39 is 0 Å². The maximum atomic E-state index is 6.04. The fraction of sp³-hybridized carbons (Fsp3) is 0.318. The van der Waals surface area contributed by atoms with Crippen molar-refractivity contribution in [2.75, 3.05) is 12.3 Å². The number of nitrogens with one attached hydrogen (secondary N) is 1. The van der Waals surface area contributed by atoms with E-state index in [1.807, 2.05) is 54.6 Å². The third-order valence-corrected chi connectivity index (χ3v) is 4.50. The fourth-order valence-corrected chi connectivity index (χ4v) is 2.97. The van der Waals surface area contributed by atoms with Crippen LogP contribution in [0.4, 0.5) is 5.69 Å². The number of rotatable bonds is 9. The highest BCUT2D eigenvalue weighted by atomic mass is 16.5. The molecule has 0 aliphatic heterocycles. The summed E-state index contributed by atoms with van der Waals surface area (Å²) in [5.74, 6) is 0.910. The largest absolute Gasteiger partial charge is 0.494 e. The van der Waals surface area contributed by atoms with Crippen molar-refractivity contribution >= 4 is 5.69 Å². The van der Waals surface area contributed by atoms with E-state index in [2.05, 4.69) is 17.1 Å². The molecule has 3 N–H and O–H groups in total. The van der Waals surface area contributed by atoms with Crippen molar-refractivity contribution in [1.29, 1.82) is 0 Å². The molecule has 0 spiro atoms. The predicted octanol–water partition coefficient (Wildman–Crippen LogP) is 5.68. The quantitative estimate of drug-likeness (QED) is 0.386. The van der Waals surface area contributed by atoms with Crippen LogP contribution >= 0.6 is 0 Å². The van der Waals surface area contributed by atoms with Gasteiger partial charge in [0, 0.05) is 16.8 Å². The molecule has 0 saturated carbocycles. The molecule has 0 unspecified atom stereocenters. The zero-order valence-electron chi connectivity index (χ0n) is 15.4. The van der Waals surface area contributed by atoms with Gasteiger partial charge in [0.25, 0.3) is 0 Å². The zero-order chi connectivity index (χ0) is 18.2. The summed E-state index contributed by atoms with van der Waals surface area (Å²) < 4.78 is 5.82. The minimum Gasteiger partial charge on any atom is -0.494 e. The van der Waals surface area contributed by atoms with E-state index in [0.29, 0.717) is 0 Å². The zero-order valence-corrected chi connectivity index (χ0v) is 15.4. The number of nitrogens with zero attached hydrogens (tertiary/aromatic N) is 1. The lowest BCUT2D eigenvalue weighted by Gasteiger charge is -2.06. The topological polar surface area (TPSA) is 63.9 Å². The van der Waals surface area contributed by atoms with Crippen molar-refractivity contribution in [1.82, 2.24) is 10.2 Å². The number of aromatic nitrogens is 2. The second-order valence-electron chi connectivity index (χ2n) is 6.54. The van der Waals surface area contributed by atoms with E-state index in [0.717, 1.165) is 47.0 Å². The van der Waals surface area contributed by atoms with Gasteiger partial charge in [-0.1, -0.05) is 50.8 Å². The number of benzene rings is 2. The number of para-hydroxylation sites is 1. The van der Waals surface area contributed by atoms with Gasteiger partial charge >= 0.3 is 0 Å². The first-order valence-corrected chi connectivity index (χ1v) is 9.41. The molecule has 2 aromatic carbocycles. The van der Waals surface area contributed by atoms with Crippen LogP contribution in [0.15, 0.2) is 54.6 Å². The van der Waals surface area contributed by atoms with Gasteiger partial charge in [-0.05, 0) is 42.8 Å². The highest BCUT2D eigenvalue weighted by molar-refractivity contribution is 5.76. The molecule has 4 nitrogen and oxygen atoms in total. The molecular formula is C22H27N3O. The van der Waals surface area contributed by atoms with Crippen molar-refractivity contribution in [3.63, 3.8) is 0 Å². The third-order valence-electron chi connectivity index (χ3n) is 4.50. The third kappa shape index (κ3) is 4.66. The van der Waals surface area contributed by atoms with Gasteiger partial charge in [-0.2, -0.15) is 5.10 Å². The molecule has 136 valence electrons. The Hall–Kier alpha value is -2.75. The Kier molecular flexibility index (Phi) is 6.31. The SMILES string of the molecule is CCCCCCCOc1ccc(-c2cc(-c3ccccc3N)[nH]n2)cc1. The minimum absolute atomic E-state index is 0.741. The molecule has 26 heavy (non-hydrogen) atoms. The smallest absolute Gasteiger partial charge is 0.119 e. The standard InChI is InChI=1S/C22H27N3O/c1-2-3-4-5-8-15-26-18-13-11-17(12-14-18)21-16-22(25-24-21)19-9-6-7-10-20(19)23/h6-7,9-14,16H,2-5,8,15,23H2,1H3,(H,24,25). The first-order chi connectivity index (χ1) is 12.8. The molecule has 0 saturated heterocycles. The molecule has 0 radical (unpaired) electrons. The van der Waals surface area contributed by atoms with E-state index in [9.17, 15) is 0 Å². The molecule has 4 heteroatoms. The second kappa shape index (κ2) is 9.09. The van der Waals surface area contributed by atoms with Gasteiger partial charge in [-0.25, -0.2) is 0 Å². The van der Waals surface area contributed by atoms with Crippen LogP contribution in [0.1, 0.15) is 39.0 Å². The summed E-state index contributed by atoms with van der Waals surface area (Å²) >= 11 is 0. The van der Waals surface area contributed by atoms with Gasteiger partial charge in [0.1, 0.15) is 5.75 Å². The second-order valence-corrected chi connectivity index (χ2v) is 6.54. The number of nitrogens with two attached hydrogens (primary N) is 1. The Bertz CT molecular complexity index is 808. The van der Waals surface area contributed by atoms with Crippen molar-refractivity contribution in [2.45, 2.75) is 39.0 Å². The lowest BCUT2D eigenvalue weighted by molar-refractivity contribution is 0.304. The van der Waals surface area contributed by atoms with Crippen molar-refractivity contribution < 1.29 is 4.74 Å². The summed E-state index contributed by atoms with van der Waals surface area (Å²) in [6, 6.07) is 17.9. The van der Waals surface area contributed by atoms with Gasteiger partial charge in [-0.3, -0.25) is 5.10 Å². The lowest BCUT2D eigenvalue weighted by atomic mass is 10.1. The Morgan fingerprint density at radius 1 is 0.962 bits per heavy atom. The van der Waals surface area contributed by atoms with Crippen LogP contribution in [-0.2, 0) is 0 Å². The van der Waals surface area contributed by atoms with Crippen LogP contribution < -0.4 is 10.5 Å². The van der Waals surface area contributed by atoms with E-state index in [-0.39, 0.29) is 0 Å². The van der Waals surface area contributed by atoms with Gasteiger partial charge in [0.2, 0.25) is 0 Å². The van der Waals surface area contributed by atoms with Gasteiger partial charge in [-0.15, -0.1) is 0 Å². The minimum atomic E-state index is 0.741. The van der Waals surface area contributed by atoms with Gasteiger partial charge in [0.05, 0.1) is 18.0 Å². The molecule has 0 aliphatic carbocycles. The molecule has 0 aliphatic rings. The summed E-state index contributed by atoms with van der Waals surface area (Å²) in [4.78, 5) is 0. The van der Waals surface area contributed by atoms with Crippen LogP contribution in [0, 0.1) is 0 Å². The maximum absolute atomic E-state index is 6.04. The van der Waals surface area contributed by atoms with Crippen molar-refractivity contribution in [3.05, 3.63) is 54.6 Å². The van der Waals surface area contributed by atoms with E-state index in [1.165, 1.54) is 25.7 Å². The number of ether oxygens (including phenoxy) is 1. The Morgan fingerprint density at radius 3 is 2.50 bits per heavy atom. The molecule has 1 heterocycles. The van der Waals surface area contributed by atoms with Crippen LogP contribution in [0.25, 0.3) is 22.5 Å². The average molecular weight is 349 g/mol. The number of hydrogen-bond acceptors (Lipinski definition) is 3. The van der Waals surface area contributed by atoms with Crippen LogP contribution in [0.2, 0.25) is 0 Å². The van der Waals surface area contributed by atoms with Crippen molar-refractivity contribution in [3.8, 4) is 28.3 Å². The molecule has 0 atom stereocenters. The molecule has 1 aromatic heterocycles. The maximum Gasteiger partial charge on any atom is 0.119 e. The lowest BCUT2D eigenvalue weighted by Crippen LogP contribution is -1.97. The van der Waals surface area contributed by atoms with E-state index in [1.54, 1.807) is 0 Å². The summed E-state index contributed by atoms with van der Waals surface area (Å²) in [7, 11) is 0. The van der Waals surface area contributed by atoms with Gasteiger partial charge in [0.15, 0.2) is 0 Å². The summed E-state index contributed by atoms with van der Waals surface area (Å²) in [6.07, 6.45) is 6.24. The Labute approximate surface area is 155 Å². The first-order valence-electron chi connectivity index (χ1n) is 9.41. The van der Waals surface area contributed by atoms with Crippen LogP contribution in [0.5, 0.6) is 5.75 Å². The summed E-state index contributed by atoms with van der Waals surface area (Å²) in [6.45, 7) is 3.01. The van der Waals surface area contributed by atoms with Crippen molar-refractivity contribution in [2.24, 2.45) is 0 Å². The average Bonchev–Trinajstić information content (AvgIpc) is 3.15. The van der Waals surface area contributed by atoms with Crippen LogP contribution in [-0.4, -0.2) is 16.8 Å². The highest BCUT2D eigenvalue weighted by Gasteiger charge is 2.08. The number of hydrogen-bond donors (Lipinski definition) is 2. The normalized spacial score (nSPS) is 10.8. The number of H-pyrrole nitrogens is 1. The molecule has 3 rings (SSSR count). The fourth-order valence-electron chi connectivity index (χ4n) is 2.97. The first kappa shape index (κ1) is 18.1. The number of aromatic amines is 1. The molecule has 3 aromatic rings. The molecular weight excluding hydrogens is 322 g/mol. The Morgan fingerprint density at radius 2 is 1.73 bits per heavy atom. The molecule has 0 fully saturated rings. The summed E-state index contributed by atoms with van der Waals surface area (Å²) in [5, 5.41) is 7.49. The monoisotopic (exact) mass is 349 g/mol. The molecule has 0 amide bonds. The number of anilines is 1. The van der Waals surface area contributed by atoms with Gasteiger partial charge < -0.3 is 10.5 Å². The predicted molar refractivity (Wildman–Crippen MR) is 108 cm³/mol. The Balaban J connectivity index is 1.58. The molecule has 0 bridgehead atoms. The van der Waals surface area contributed by atoms with E-state index >= 15 is 0 Å². The van der Waals surface area contributed by atoms with Crippen LogP contribution in [0.3, 0.4) is 0 Å². The summed E-state index contributed by atoms with van der Waals surface area (Å²) in [5.41, 5.74) is 10.6. The highest BCUT2D eigenvalue weighted by Crippen LogP contribution is 2.28. The van der Waals surface area contributed by atoms with E-state index in [4.69, 9.17) is 10.5 Å². The number of nitrogen functional groups attached to an aromatic ring is 1. The number of unbranched alkanes of at least 4 members (excludes halogenated alkanes) is 4.